The normalized spacial score (nSPS) is 44.7. The van der Waals surface area contributed by atoms with E-state index in [4.69, 9.17) is 0 Å². The standard InChI is InChI=1S/C9H17N/c1-9(2)6-10(3)5-7-4-8(7)9/h7-8H,4-6H2,1-3H3. The zero-order chi connectivity index (χ0) is 7.35. The predicted molar refractivity (Wildman–Crippen MR) is 42.9 cm³/mol. The van der Waals surface area contributed by atoms with E-state index in [9.17, 15) is 0 Å². The molecule has 1 aliphatic carbocycles. The molecular weight excluding hydrogens is 122 g/mol. The molecule has 0 spiro atoms. The van der Waals surface area contributed by atoms with Gasteiger partial charge in [0.05, 0.1) is 0 Å². The fourth-order valence-electron chi connectivity index (χ4n) is 2.68. The lowest BCUT2D eigenvalue weighted by atomic mass is 9.83. The zero-order valence-corrected chi connectivity index (χ0v) is 7.22. The van der Waals surface area contributed by atoms with Crippen molar-refractivity contribution in [2.75, 3.05) is 20.1 Å². The van der Waals surface area contributed by atoms with E-state index in [1.165, 1.54) is 19.5 Å². The van der Waals surface area contributed by atoms with Gasteiger partial charge in [-0.1, -0.05) is 13.8 Å². The van der Waals surface area contributed by atoms with E-state index in [1.54, 1.807) is 0 Å². The van der Waals surface area contributed by atoms with Crippen molar-refractivity contribution >= 4 is 0 Å². The van der Waals surface area contributed by atoms with Crippen LogP contribution in [0.5, 0.6) is 0 Å². The third kappa shape index (κ3) is 0.878. The average molecular weight is 139 g/mol. The first-order valence-corrected chi connectivity index (χ1v) is 4.28. The predicted octanol–water partition coefficient (Wildman–Crippen LogP) is 1.59. The smallest absolute Gasteiger partial charge is 0.00325 e. The van der Waals surface area contributed by atoms with Crippen molar-refractivity contribution in [3.8, 4) is 0 Å². The van der Waals surface area contributed by atoms with E-state index in [0.29, 0.717) is 5.41 Å². The fraction of sp³-hybridized carbons (Fsp3) is 1.00. The first-order chi connectivity index (χ1) is 4.59. The highest BCUT2D eigenvalue weighted by molar-refractivity contribution is 5.01. The van der Waals surface area contributed by atoms with Crippen LogP contribution in [-0.2, 0) is 0 Å². The molecule has 0 aromatic heterocycles. The second-order valence-corrected chi connectivity index (χ2v) is 4.79. The molecule has 1 saturated carbocycles. The van der Waals surface area contributed by atoms with Crippen molar-refractivity contribution in [2.24, 2.45) is 17.3 Å². The molecule has 2 aliphatic rings. The quantitative estimate of drug-likeness (QED) is 0.492. The minimum absolute atomic E-state index is 0.609. The van der Waals surface area contributed by atoms with Crippen molar-refractivity contribution in [3.05, 3.63) is 0 Å². The molecular formula is C9H17N. The highest BCUT2D eigenvalue weighted by atomic mass is 15.1. The van der Waals surface area contributed by atoms with Gasteiger partial charge in [0.25, 0.3) is 0 Å². The van der Waals surface area contributed by atoms with Gasteiger partial charge >= 0.3 is 0 Å². The van der Waals surface area contributed by atoms with Gasteiger partial charge < -0.3 is 4.90 Å². The second kappa shape index (κ2) is 1.76. The van der Waals surface area contributed by atoms with Crippen molar-refractivity contribution < 1.29 is 0 Å². The number of hydrogen-bond acceptors (Lipinski definition) is 1. The van der Waals surface area contributed by atoms with Gasteiger partial charge in [-0.15, -0.1) is 0 Å². The molecule has 10 heavy (non-hydrogen) atoms. The number of rotatable bonds is 0. The lowest BCUT2D eigenvalue weighted by Crippen LogP contribution is -2.39. The van der Waals surface area contributed by atoms with E-state index < -0.39 is 0 Å². The highest BCUT2D eigenvalue weighted by Gasteiger charge is 2.51. The molecule has 0 amide bonds. The Morgan fingerprint density at radius 1 is 1.40 bits per heavy atom. The van der Waals surface area contributed by atoms with Crippen LogP contribution in [0, 0.1) is 17.3 Å². The molecule has 1 heterocycles. The summed E-state index contributed by atoms with van der Waals surface area (Å²) < 4.78 is 0. The summed E-state index contributed by atoms with van der Waals surface area (Å²) in [6.07, 6.45) is 1.50. The van der Waals surface area contributed by atoms with Gasteiger partial charge in [-0.2, -0.15) is 0 Å². The van der Waals surface area contributed by atoms with Crippen molar-refractivity contribution in [3.63, 3.8) is 0 Å². The first kappa shape index (κ1) is 6.66. The Bertz CT molecular complexity index is 151. The summed E-state index contributed by atoms with van der Waals surface area (Å²) in [4.78, 5) is 2.48. The minimum Gasteiger partial charge on any atom is -0.306 e. The Hall–Kier alpha value is -0.0400. The molecule has 2 rings (SSSR count). The van der Waals surface area contributed by atoms with Gasteiger partial charge in [0.2, 0.25) is 0 Å². The van der Waals surface area contributed by atoms with Crippen LogP contribution in [0.25, 0.3) is 0 Å². The van der Waals surface area contributed by atoms with Gasteiger partial charge in [0.15, 0.2) is 0 Å². The Morgan fingerprint density at radius 3 is 2.70 bits per heavy atom. The van der Waals surface area contributed by atoms with E-state index in [-0.39, 0.29) is 0 Å². The highest BCUT2D eigenvalue weighted by Crippen LogP contribution is 2.54. The summed E-state index contributed by atoms with van der Waals surface area (Å²) in [6, 6.07) is 0. The molecule has 1 saturated heterocycles. The second-order valence-electron chi connectivity index (χ2n) is 4.79. The molecule has 1 nitrogen and oxygen atoms in total. The number of fused-ring (bicyclic) bond motifs is 1. The summed E-state index contributed by atoms with van der Waals surface area (Å²) >= 11 is 0. The Balaban J connectivity index is 2.10. The topological polar surface area (TPSA) is 3.24 Å². The summed E-state index contributed by atoms with van der Waals surface area (Å²) in [6.45, 7) is 7.48. The molecule has 2 fully saturated rings. The number of nitrogens with zero attached hydrogens (tertiary/aromatic N) is 1. The maximum absolute atomic E-state index is 2.48. The Labute approximate surface area is 63.4 Å². The van der Waals surface area contributed by atoms with Gasteiger partial charge in [-0.25, -0.2) is 0 Å². The zero-order valence-electron chi connectivity index (χ0n) is 7.22. The van der Waals surface area contributed by atoms with E-state index >= 15 is 0 Å². The molecule has 2 atom stereocenters. The molecule has 0 aromatic carbocycles. The first-order valence-electron chi connectivity index (χ1n) is 4.28. The van der Waals surface area contributed by atoms with Crippen LogP contribution in [0.1, 0.15) is 20.3 Å². The Kier molecular flexibility index (Phi) is 1.17. The summed E-state index contributed by atoms with van der Waals surface area (Å²) in [5, 5.41) is 0. The number of hydrogen-bond donors (Lipinski definition) is 0. The van der Waals surface area contributed by atoms with Crippen LogP contribution in [0.15, 0.2) is 0 Å². The van der Waals surface area contributed by atoms with Crippen LogP contribution < -0.4 is 0 Å². The molecule has 1 aliphatic heterocycles. The van der Waals surface area contributed by atoms with E-state index in [0.717, 1.165) is 11.8 Å². The van der Waals surface area contributed by atoms with Crippen LogP contribution in [0.3, 0.4) is 0 Å². The van der Waals surface area contributed by atoms with Crippen molar-refractivity contribution in [1.82, 2.24) is 4.90 Å². The maximum atomic E-state index is 2.48. The molecule has 0 bridgehead atoms. The van der Waals surface area contributed by atoms with Gasteiger partial charge in [0, 0.05) is 13.1 Å². The van der Waals surface area contributed by atoms with E-state index in [1.807, 2.05) is 0 Å². The molecule has 0 radical (unpaired) electrons. The fourth-order valence-corrected chi connectivity index (χ4v) is 2.68. The van der Waals surface area contributed by atoms with Crippen LogP contribution in [-0.4, -0.2) is 25.0 Å². The monoisotopic (exact) mass is 139 g/mol. The molecule has 0 aromatic rings. The third-order valence-electron chi connectivity index (χ3n) is 3.15. The van der Waals surface area contributed by atoms with Crippen LogP contribution in [0.2, 0.25) is 0 Å². The SMILES string of the molecule is CN1CC2CC2C(C)(C)C1. The van der Waals surface area contributed by atoms with Gasteiger partial charge in [0.1, 0.15) is 0 Å². The molecule has 1 heteroatoms. The molecule has 0 N–H and O–H groups in total. The molecule has 58 valence electrons. The summed E-state index contributed by atoms with van der Waals surface area (Å²) in [5.41, 5.74) is 0.609. The largest absolute Gasteiger partial charge is 0.306 e. The van der Waals surface area contributed by atoms with Gasteiger partial charge in [-0.05, 0) is 30.7 Å². The average Bonchev–Trinajstić information content (AvgIpc) is 2.40. The summed E-state index contributed by atoms with van der Waals surface area (Å²) in [5.74, 6) is 2.11. The van der Waals surface area contributed by atoms with Crippen LogP contribution >= 0.6 is 0 Å². The third-order valence-corrected chi connectivity index (χ3v) is 3.15. The lowest BCUT2D eigenvalue weighted by molar-refractivity contribution is 0.129. The molecule has 2 unspecified atom stereocenters. The van der Waals surface area contributed by atoms with E-state index in [2.05, 4.69) is 25.8 Å². The van der Waals surface area contributed by atoms with Crippen molar-refractivity contribution in [1.29, 1.82) is 0 Å². The number of likely N-dealkylation sites (tertiary alicyclic amines) is 1. The minimum atomic E-state index is 0.609. The lowest BCUT2D eigenvalue weighted by Gasteiger charge is -2.35. The number of piperidine rings is 1. The summed E-state index contributed by atoms with van der Waals surface area (Å²) in [7, 11) is 2.25. The van der Waals surface area contributed by atoms with Crippen molar-refractivity contribution in [2.45, 2.75) is 20.3 Å². The van der Waals surface area contributed by atoms with Crippen LogP contribution in [0.4, 0.5) is 0 Å². The van der Waals surface area contributed by atoms with Gasteiger partial charge in [-0.3, -0.25) is 0 Å². The maximum Gasteiger partial charge on any atom is 0.00325 e. The Morgan fingerprint density at radius 2 is 2.10 bits per heavy atom.